The SMILES string of the molecule is CC1(C)CC[N+](C)(CCCC(=O)c2ccc(F)cc2)CC1.CC1([N+]2(C)C(=O)Nc3cc(Cl)ccc32)CC[N+](C)(CCCC[N+]2(C)C(=O)Nc3ccccc32)CC1.CC1([N+]2(C)C(=O)Nc3ccccc32)CC[N+](C)(CCCC(=O)c2ccc(F)cc2)CC1.C[N+]1(CCCC(=O)c2ccc(F)cc2)CCC(O)(c2ccc(Cl)cc2)CC1.C[N+]1(CCCC(=O)c2ccc(F)cc2)CCC(O)(c2cccc(C(F)(F)F)c2)CC1. The van der Waals surface area contributed by atoms with Gasteiger partial charge in [0.15, 0.2) is 40.2 Å². The van der Waals surface area contributed by atoms with Gasteiger partial charge in [-0.1, -0.05) is 85.6 Å². The van der Waals surface area contributed by atoms with Crippen molar-refractivity contribution in [2.75, 3.05) is 177 Å². The van der Waals surface area contributed by atoms with Crippen LogP contribution in [-0.4, -0.2) is 246 Å². The highest BCUT2D eigenvalue weighted by atomic mass is 35.5. The number of likely N-dealkylation sites (tertiary alicyclic amines) is 5. The normalized spacial score (nSPS) is 27.5. The summed E-state index contributed by atoms with van der Waals surface area (Å²) < 4.78 is 96.3. The van der Waals surface area contributed by atoms with Crippen LogP contribution in [0.25, 0.3) is 0 Å². The first-order chi connectivity index (χ1) is 67.8. The number of nitrogens with one attached hydrogen (secondary N) is 3. The van der Waals surface area contributed by atoms with E-state index in [0.717, 1.165) is 206 Å². The van der Waals surface area contributed by atoms with Crippen LogP contribution in [0.4, 0.5) is 79.2 Å². The number of para-hydroxylation sites is 4. The summed E-state index contributed by atoms with van der Waals surface area (Å²) in [5, 5.41) is 32.5. The average molecular weight is 2030 g/mol. The summed E-state index contributed by atoms with van der Waals surface area (Å²) in [4.78, 5) is 87.8. The quantitative estimate of drug-likeness (QED) is 0.0131. The molecule has 772 valence electrons. The zero-order valence-corrected chi connectivity index (χ0v) is 87.4. The number of hydrogen-bond acceptors (Lipinski definition) is 9. The molecule has 5 fully saturated rings. The fourth-order valence-electron chi connectivity index (χ4n) is 22.3. The molecule has 5 N–H and O–H groups in total. The molecular formula is C115H148Cl2F7N11O9+8. The minimum absolute atomic E-state index is 0.0296. The maximum atomic E-state index is 13.2. The molecular weight excluding hydrogens is 1880 g/mol. The van der Waals surface area contributed by atoms with Crippen LogP contribution in [0.3, 0.4) is 0 Å². The molecule has 3 unspecified atom stereocenters. The molecule has 5 saturated heterocycles. The molecule has 8 aliphatic heterocycles. The third-order valence-electron chi connectivity index (χ3n) is 33.8. The number of hydrogen-bond donors (Lipinski definition) is 5. The van der Waals surface area contributed by atoms with E-state index >= 15 is 0 Å². The number of piperidine rings is 5. The van der Waals surface area contributed by atoms with Crippen molar-refractivity contribution in [3.63, 3.8) is 0 Å². The van der Waals surface area contributed by atoms with E-state index in [1.807, 2.05) is 107 Å². The molecule has 0 bridgehead atoms. The van der Waals surface area contributed by atoms with E-state index in [-0.39, 0.29) is 80.1 Å². The van der Waals surface area contributed by atoms with Gasteiger partial charge in [0.05, 0.1) is 192 Å². The van der Waals surface area contributed by atoms with Crippen molar-refractivity contribution in [1.29, 1.82) is 0 Å². The van der Waals surface area contributed by atoms with Gasteiger partial charge in [-0.3, -0.25) is 35.1 Å². The van der Waals surface area contributed by atoms with Crippen molar-refractivity contribution in [2.24, 2.45) is 5.41 Å². The maximum Gasteiger partial charge on any atom is 0.426 e. The van der Waals surface area contributed by atoms with Gasteiger partial charge >= 0.3 is 24.3 Å². The van der Waals surface area contributed by atoms with E-state index in [9.17, 15) is 74.5 Å². The number of nitrogens with zero attached hydrogens (tertiary/aromatic N) is 8. The van der Waals surface area contributed by atoms with Crippen LogP contribution < -0.4 is 29.4 Å². The molecule has 9 aromatic rings. The van der Waals surface area contributed by atoms with Gasteiger partial charge in [0.2, 0.25) is 0 Å². The Morgan fingerprint density at radius 1 is 0.326 bits per heavy atom. The second kappa shape index (κ2) is 45.2. The number of halogens is 9. The lowest BCUT2D eigenvalue weighted by Gasteiger charge is -2.50. The van der Waals surface area contributed by atoms with Crippen LogP contribution in [0.5, 0.6) is 0 Å². The van der Waals surface area contributed by atoms with Gasteiger partial charge in [-0.25, -0.2) is 45.4 Å². The largest absolute Gasteiger partial charge is 0.426 e. The number of benzene rings is 9. The highest BCUT2D eigenvalue weighted by Crippen LogP contribution is 2.51. The third-order valence-corrected chi connectivity index (χ3v) is 34.3. The second-order valence-electron chi connectivity index (χ2n) is 45.0. The van der Waals surface area contributed by atoms with Crippen molar-refractivity contribution in [3.8, 4) is 0 Å². The van der Waals surface area contributed by atoms with Gasteiger partial charge in [0.25, 0.3) is 0 Å². The number of ketones is 4. The van der Waals surface area contributed by atoms with Crippen LogP contribution in [0, 0.1) is 28.7 Å². The Kier molecular flexibility index (Phi) is 34.8. The fourth-order valence-corrected chi connectivity index (χ4v) is 22.6. The van der Waals surface area contributed by atoms with Gasteiger partial charge < -0.3 is 32.6 Å². The van der Waals surface area contributed by atoms with Crippen LogP contribution in [-0.2, 0) is 17.4 Å². The van der Waals surface area contributed by atoms with Crippen molar-refractivity contribution in [3.05, 3.63) is 285 Å². The Labute approximate surface area is 855 Å². The Morgan fingerprint density at radius 3 is 1.01 bits per heavy atom. The number of carbonyl (C=O) groups is 7. The molecule has 8 aliphatic rings. The molecule has 0 spiro atoms. The molecule has 8 heterocycles. The molecule has 6 amide bonds. The predicted molar refractivity (Wildman–Crippen MR) is 560 cm³/mol. The Morgan fingerprint density at radius 2 is 0.632 bits per heavy atom. The number of rotatable bonds is 29. The van der Waals surface area contributed by atoms with E-state index in [4.69, 9.17) is 23.2 Å². The Hall–Kier alpha value is -10.2. The highest BCUT2D eigenvalue weighted by molar-refractivity contribution is 6.31. The molecule has 0 aliphatic carbocycles. The molecule has 3 atom stereocenters. The molecule has 144 heavy (non-hydrogen) atoms. The second-order valence-corrected chi connectivity index (χ2v) is 45.9. The van der Waals surface area contributed by atoms with Gasteiger partial charge in [0, 0.05) is 153 Å². The van der Waals surface area contributed by atoms with E-state index in [1.54, 1.807) is 42.5 Å². The number of aliphatic hydroxyl groups is 2. The lowest BCUT2D eigenvalue weighted by atomic mass is 9.81. The number of carbonyl (C=O) groups excluding carboxylic acids is 7. The number of quaternary nitrogens is 8. The van der Waals surface area contributed by atoms with E-state index in [1.165, 1.54) is 92.7 Å². The standard InChI is InChI=1S/C27H35ClN5O2.C25H31FN3O2.C23H26F4NO2.C22H26ClFNO2.C18H27FNO/c1-27(33(4)24-12-11-20(28)19-22(24)30-26(33)35)13-17-31(2,18-14-27)15-7-8-16-32(3)23-10-6-5-9-21(23)29-25(32)34;1-25(29(3)22-8-5-4-7-21(22)27-24(29)31)14-17-28(2,18-15-25)16-6-9-23(30)19-10-12-20(26)13-11-19;1-28(13-3-6-21(29)17-7-9-20(24)10-8-17)14-11-22(30,12-15-28)18-4-2-5-19(16-18)23(25,26)27;1-25(14-2-3-21(26)17-4-10-20(24)11-5-17)15-12-22(27,13-16-25)18-6-8-19(23)9-7-18;1-18(2)10-13-20(3,14-11-18)12-4-5-17(21)15-6-8-16(19)9-7-15/h5-6,9-12,19H,7-8,13-18H2,1-4H3;4-5,7-8,10-13H,6,9,14-18H2,1-3H3;2,4-5,7-10,16,30H,3,6,11-15H2,1H3;4-11,27H,2-3,12-16H2,1H3;6-9H,4-5,10-14H2,1-3H3/q5*+1/p+3. The fraction of sp³-hybridized carbons (Fsp3) is 0.470. The molecule has 0 saturated carbocycles. The summed E-state index contributed by atoms with van der Waals surface area (Å²) >= 11 is 12.1. The van der Waals surface area contributed by atoms with E-state index in [2.05, 4.69) is 84.0 Å². The number of unbranched alkanes of at least 4 members (excludes halogenated alkanes) is 1. The monoisotopic (exact) mass is 2030 g/mol. The molecule has 17 rings (SSSR count). The molecule has 9 aromatic carbocycles. The molecule has 0 radical (unpaired) electrons. The van der Waals surface area contributed by atoms with E-state index in [0.29, 0.717) is 128 Å². The van der Waals surface area contributed by atoms with Crippen LogP contribution >= 0.6 is 23.2 Å². The number of urea groups is 3. The highest BCUT2D eigenvalue weighted by Gasteiger charge is 2.61. The van der Waals surface area contributed by atoms with Crippen molar-refractivity contribution in [1.82, 2.24) is 13.4 Å². The number of alkyl halides is 3. The summed E-state index contributed by atoms with van der Waals surface area (Å²) in [7, 11) is 17.2. The van der Waals surface area contributed by atoms with Gasteiger partial charge in [-0.15, -0.1) is 0 Å². The molecule has 20 nitrogen and oxygen atoms in total. The Balaban J connectivity index is 0.000000152. The Bertz CT molecular complexity index is 6010. The lowest BCUT2D eigenvalue weighted by Crippen LogP contribution is -2.69. The first-order valence-electron chi connectivity index (χ1n) is 51.0. The number of anilines is 3. The van der Waals surface area contributed by atoms with Crippen molar-refractivity contribution >= 4 is 98.6 Å². The minimum atomic E-state index is -4.44. The van der Waals surface area contributed by atoms with E-state index < -0.39 is 22.9 Å². The first-order valence-corrected chi connectivity index (χ1v) is 51.8. The number of Topliss-reactive ketones (excluding diaryl/α,β-unsaturated/α-hetero) is 4. The number of amides is 6. The zero-order chi connectivity index (χ0) is 104. The lowest BCUT2D eigenvalue weighted by molar-refractivity contribution is -0.917. The summed E-state index contributed by atoms with van der Waals surface area (Å²) in [5.74, 6) is -1.12. The van der Waals surface area contributed by atoms with Gasteiger partial charge in [-0.2, -0.15) is 13.2 Å². The summed E-state index contributed by atoms with van der Waals surface area (Å²) in [6, 6.07) is 57.1. The average Bonchev–Trinajstić information content (AvgIpc) is 1.56. The van der Waals surface area contributed by atoms with Crippen molar-refractivity contribution in [2.45, 2.75) is 185 Å². The smallest absolute Gasteiger partial charge is 0.385 e. The molecule has 29 heteroatoms. The van der Waals surface area contributed by atoms with Crippen LogP contribution in [0.15, 0.2) is 212 Å². The maximum absolute atomic E-state index is 13.2. The molecule has 0 aromatic heterocycles. The third kappa shape index (κ3) is 26.5. The topological polar surface area (TPSA) is 196 Å². The zero-order valence-electron chi connectivity index (χ0n) is 85.9. The predicted octanol–water partition coefficient (Wildman–Crippen LogP) is 24.3. The van der Waals surface area contributed by atoms with Crippen LogP contribution in [0.1, 0.15) is 214 Å². The minimum Gasteiger partial charge on any atom is -0.385 e. The van der Waals surface area contributed by atoms with Gasteiger partial charge in [0.1, 0.15) is 62.6 Å². The number of fused-ring (bicyclic) bond motifs is 3. The van der Waals surface area contributed by atoms with Crippen LogP contribution in [0.2, 0.25) is 10.0 Å². The van der Waals surface area contributed by atoms with Gasteiger partial charge in [-0.05, 0) is 176 Å². The first kappa shape index (κ1) is 111. The summed E-state index contributed by atoms with van der Waals surface area (Å²) in [5.41, 5.74) is 6.58. The van der Waals surface area contributed by atoms with Crippen molar-refractivity contribution < 1.29 is 96.9 Å². The summed E-state index contributed by atoms with van der Waals surface area (Å²) in [6.45, 7) is 24.1. The summed E-state index contributed by atoms with van der Waals surface area (Å²) in [6.07, 6.45) is 11.0.